The van der Waals surface area contributed by atoms with Crippen LogP contribution in [0.3, 0.4) is 0 Å². The van der Waals surface area contributed by atoms with Gasteiger partial charge in [0.05, 0.1) is 34.2 Å². The third kappa shape index (κ3) is 2.60. The molecule has 0 aliphatic heterocycles. The minimum absolute atomic E-state index is 0.103. The molecule has 0 unspecified atom stereocenters. The Balaban J connectivity index is 2.06. The molecule has 126 valence electrons. The minimum Gasteiger partial charge on any atom is -0.493 e. The highest BCUT2D eigenvalue weighted by atomic mass is 16.5. The lowest BCUT2D eigenvalue weighted by Gasteiger charge is -2.14. The van der Waals surface area contributed by atoms with Crippen LogP contribution < -0.4 is 25.7 Å². The van der Waals surface area contributed by atoms with Gasteiger partial charge in [0.2, 0.25) is 11.7 Å². The summed E-state index contributed by atoms with van der Waals surface area (Å²) in [6, 6.07) is 3.72. The molecular weight excluding hydrogens is 312 g/mol. The standard InChI is InChI=1S/C15H18N6O3/c1-22-9-4-8(5-10(23-2)12(9)24-3)6-21-7-18-11-13(16)19-15(17)20-14(11)21/h4-5,7H,6H2,1-3H3,(H4,16,17,19,20). The largest absolute Gasteiger partial charge is 0.493 e. The molecule has 2 aromatic heterocycles. The van der Waals surface area contributed by atoms with Crippen LogP contribution in [0.5, 0.6) is 17.2 Å². The molecule has 0 aliphatic rings. The van der Waals surface area contributed by atoms with E-state index in [0.717, 1.165) is 5.56 Å². The van der Waals surface area contributed by atoms with Crippen molar-refractivity contribution in [3.63, 3.8) is 0 Å². The lowest BCUT2D eigenvalue weighted by molar-refractivity contribution is 0.323. The number of nitrogens with zero attached hydrogens (tertiary/aromatic N) is 4. The summed E-state index contributed by atoms with van der Waals surface area (Å²) in [5.74, 6) is 2.04. The number of imidazole rings is 1. The van der Waals surface area contributed by atoms with Gasteiger partial charge in [-0.15, -0.1) is 0 Å². The van der Waals surface area contributed by atoms with E-state index < -0.39 is 0 Å². The van der Waals surface area contributed by atoms with E-state index in [1.807, 2.05) is 16.7 Å². The normalized spacial score (nSPS) is 10.8. The second kappa shape index (κ2) is 6.11. The molecule has 0 bridgehead atoms. The Labute approximate surface area is 138 Å². The van der Waals surface area contributed by atoms with Crippen molar-refractivity contribution < 1.29 is 14.2 Å². The number of nitrogens with two attached hydrogens (primary N) is 2. The maximum absolute atomic E-state index is 5.83. The zero-order chi connectivity index (χ0) is 17.3. The van der Waals surface area contributed by atoms with Crippen LogP contribution in [0.4, 0.5) is 11.8 Å². The fraction of sp³-hybridized carbons (Fsp3) is 0.267. The Kier molecular flexibility index (Phi) is 3.98. The quantitative estimate of drug-likeness (QED) is 0.712. The Morgan fingerprint density at radius 3 is 2.25 bits per heavy atom. The summed E-state index contributed by atoms with van der Waals surface area (Å²) >= 11 is 0. The summed E-state index contributed by atoms with van der Waals surface area (Å²) < 4.78 is 17.9. The average Bonchev–Trinajstić information content (AvgIpc) is 2.96. The van der Waals surface area contributed by atoms with E-state index in [-0.39, 0.29) is 11.8 Å². The molecule has 0 amide bonds. The van der Waals surface area contributed by atoms with Gasteiger partial charge in [0, 0.05) is 0 Å². The van der Waals surface area contributed by atoms with Crippen molar-refractivity contribution in [2.75, 3.05) is 32.8 Å². The minimum atomic E-state index is 0.103. The zero-order valence-corrected chi connectivity index (χ0v) is 13.6. The van der Waals surface area contributed by atoms with Gasteiger partial charge >= 0.3 is 0 Å². The van der Waals surface area contributed by atoms with Crippen LogP contribution in [-0.2, 0) is 6.54 Å². The van der Waals surface area contributed by atoms with Crippen LogP contribution in [0.15, 0.2) is 18.5 Å². The van der Waals surface area contributed by atoms with E-state index in [9.17, 15) is 0 Å². The summed E-state index contributed by atoms with van der Waals surface area (Å²) in [7, 11) is 4.70. The van der Waals surface area contributed by atoms with Crippen molar-refractivity contribution in [1.29, 1.82) is 0 Å². The van der Waals surface area contributed by atoms with E-state index in [0.29, 0.717) is 35.0 Å². The highest BCUT2D eigenvalue weighted by Crippen LogP contribution is 2.38. The monoisotopic (exact) mass is 330 g/mol. The Hall–Kier alpha value is -3.23. The van der Waals surface area contributed by atoms with Gasteiger partial charge in [0.25, 0.3) is 0 Å². The molecule has 9 heteroatoms. The lowest BCUT2D eigenvalue weighted by Crippen LogP contribution is -2.05. The number of ether oxygens (including phenoxy) is 3. The van der Waals surface area contributed by atoms with Crippen molar-refractivity contribution in [3.8, 4) is 17.2 Å². The second-order valence-electron chi connectivity index (χ2n) is 5.05. The van der Waals surface area contributed by atoms with E-state index in [1.165, 1.54) is 0 Å². The highest BCUT2D eigenvalue weighted by Gasteiger charge is 2.15. The third-order valence-electron chi connectivity index (χ3n) is 3.59. The number of anilines is 2. The van der Waals surface area contributed by atoms with Crippen LogP contribution in [0, 0.1) is 0 Å². The summed E-state index contributed by atoms with van der Waals surface area (Å²) in [5.41, 5.74) is 13.5. The van der Waals surface area contributed by atoms with Crippen molar-refractivity contribution in [2.24, 2.45) is 0 Å². The first-order valence-corrected chi connectivity index (χ1v) is 7.10. The van der Waals surface area contributed by atoms with Crippen LogP contribution in [0.1, 0.15) is 5.56 Å². The second-order valence-corrected chi connectivity index (χ2v) is 5.05. The first-order valence-electron chi connectivity index (χ1n) is 7.10. The third-order valence-corrected chi connectivity index (χ3v) is 3.59. The zero-order valence-electron chi connectivity index (χ0n) is 13.6. The van der Waals surface area contributed by atoms with Crippen molar-refractivity contribution in [2.45, 2.75) is 6.54 Å². The molecule has 3 rings (SSSR count). The van der Waals surface area contributed by atoms with Gasteiger partial charge in [-0.1, -0.05) is 0 Å². The molecule has 0 spiro atoms. The first kappa shape index (κ1) is 15.7. The highest BCUT2D eigenvalue weighted by molar-refractivity contribution is 5.82. The fourth-order valence-corrected chi connectivity index (χ4v) is 2.52. The van der Waals surface area contributed by atoms with Gasteiger partial charge in [0.1, 0.15) is 5.52 Å². The number of hydrogen-bond donors (Lipinski definition) is 2. The van der Waals surface area contributed by atoms with Crippen molar-refractivity contribution in [3.05, 3.63) is 24.0 Å². The van der Waals surface area contributed by atoms with E-state index in [1.54, 1.807) is 27.7 Å². The molecule has 0 saturated carbocycles. The molecule has 0 fully saturated rings. The summed E-state index contributed by atoms with van der Waals surface area (Å²) in [6.07, 6.45) is 1.64. The number of benzene rings is 1. The predicted molar refractivity (Wildman–Crippen MR) is 89.3 cm³/mol. The van der Waals surface area contributed by atoms with Crippen molar-refractivity contribution in [1.82, 2.24) is 19.5 Å². The Morgan fingerprint density at radius 1 is 1.00 bits per heavy atom. The summed E-state index contributed by atoms with van der Waals surface area (Å²) in [4.78, 5) is 12.4. The van der Waals surface area contributed by atoms with Gasteiger partial charge in [-0.05, 0) is 17.7 Å². The summed E-state index contributed by atoms with van der Waals surface area (Å²) in [5, 5.41) is 0. The number of aromatic nitrogens is 4. The van der Waals surface area contributed by atoms with Gasteiger partial charge in [-0.25, -0.2) is 4.98 Å². The number of hydrogen-bond acceptors (Lipinski definition) is 8. The molecule has 9 nitrogen and oxygen atoms in total. The lowest BCUT2D eigenvalue weighted by atomic mass is 10.1. The maximum Gasteiger partial charge on any atom is 0.224 e. The van der Waals surface area contributed by atoms with E-state index in [4.69, 9.17) is 25.7 Å². The molecular formula is C15H18N6O3. The number of fused-ring (bicyclic) bond motifs is 1. The molecule has 0 saturated heterocycles. The number of nitrogen functional groups attached to an aromatic ring is 2. The Morgan fingerprint density at radius 2 is 1.67 bits per heavy atom. The SMILES string of the molecule is COc1cc(Cn2cnc3c(N)nc(N)nc32)cc(OC)c1OC. The molecule has 1 aromatic carbocycles. The van der Waals surface area contributed by atoms with Crippen LogP contribution in [0.2, 0.25) is 0 Å². The molecule has 0 aliphatic carbocycles. The van der Waals surface area contributed by atoms with E-state index >= 15 is 0 Å². The van der Waals surface area contributed by atoms with Gasteiger partial charge in [-0.3, -0.25) is 0 Å². The van der Waals surface area contributed by atoms with Crippen LogP contribution >= 0.6 is 0 Å². The van der Waals surface area contributed by atoms with E-state index in [2.05, 4.69) is 15.0 Å². The Bertz CT molecular complexity index is 867. The molecule has 24 heavy (non-hydrogen) atoms. The maximum atomic E-state index is 5.83. The van der Waals surface area contributed by atoms with Gasteiger partial charge in [0.15, 0.2) is 23.0 Å². The smallest absolute Gasteiger partial charge is 0.224 e. The number of methoxy groups -OCH3 is 3. The number of rotatable bonds is 5. The summed E-state index contributed by atoms with van der Waals surface area (Å²) in [6.45, 7) is 0.475. The first-order chi connectivity index (χ1) is 11.6. The topological polar surface area (TPSA) is 123 Å². The molecule has 4 N–H and O–H groups in total. The fourth-order valence-electron chi connectivity index (χ4n) is 2.52. The van der Waals surface area contributed by atoms with Gasteiger partial charge < -0.3 is 30.2 Å². The molecule has 0 radical (unpaired) electrons. The molecule has 0 atom stereocenters. The average molecular weight is 330 g/mol. The van der Waals surface area contributed by atoms with Gasteiger partial charge in [-0.2, -0.15) is 9.97 Å². The van der Waals surface area contributed by atoms with Crippen LogP contribution in [-0.4, -0.2) is 40.8 Å². The molecule has 3 aromatic rings. The van der Waals surface area contributed by atoms with Crippen LogP contribution in [0.25, 0.3) is 11.2 Å². The molecule has 2 heterocycles. The predicted octanol–water partition coefficient (Wildman–Crippen LogP) is 1.06. The van der Waals surface area contributed by atoms with Crippen molar-refractivity contribution >= 4 is 22.9 Å².